The van der Waals surface area contributed by atoms with E-state index in [4.69, 9.17) is 20.8 Å². The molecule has 0 radical (unpaired) electrons. The van der Waals surface area contributed by atoms with Crippen LogP contribution in [0.15, 0.2) is 44.6 Å². The highest BCUT2D eigenvalue weighted by atomic mass is 35.5. The van der Waals surface area contributed by atoms with Crippen LogP contribution in [0.1, 0.15) is 5.76 Å². The monoisotopic (exact) mass is 419 g/mol. The quantitative estimate of drug-likeness (QED) is 0.423. The molecule has 0 atom stereocenters. The Hall–Kier alpha value is -2.62. The van der Waals surface area contributed by atoms with E-state index >= 15 is 0 Å². The molecule has 0 spiro atoms. The largest absolute Gasteiger partial charge is 0.457 e. The summed E-state index contributed by atoms with van der Waals surface area (Å²) in [5.41, 5.74) is 0.331. The Bertz CT molecular complexity index is 1010. The maximum Gasteiger partial charge on any atom is 0.286 e. The maximum atomic E-state index is 12.2. The van der Waals surface area contributed by atoms with Crippen molar-refractivity contribution in [2.24, 2.45) is 4.99 Å². The summed E-state index contributed by atoms with van der Waals surface area (Å²) in [5.74, 6) is 0.495. The topological polar surface area (TPSA) is 98.2 Å². The predicted molar refractivity (Wildman–Crippen MR) is 106 cm³/mol. The molecule has 2 aliphatic heterocycles. The van der Waals surface area contributed by atoms with Crippen molar-refractivity contribution in [3.05, 3.63) is 56.1 Å². The normalized spacial score (nSPS) is 18.6. The molecule has 0 bridgehead atoms. The highest BCUT2D eigenvalue weighted by Gasteiger charge is 2.27. The Balaban J connectivity index is 1.55. The zero-order valence-corrected chi connectivity index (χ0v) is 16.0. The third kappa shape index (κ3) is 3.82. The molecular formula is C18H14ClN3O5S. The van der Waals surface area contributed by atoms with E-state index in [1.165, 1.54) is 30.0 Å². The number of carbonyl (C=O) groups excluding carboxylic acids is 1. The molecule has 0 N–H and O–H groups in total. The lowest BCUT2D eigenvalue weighted by atomic mass is 10.1. The lowest BCUT2D eigenvalue weighted by Gasteiger charge is -2.27. The molecule has 1 fully saturated rings. The molecule has 2 aromatic rings. The van der Waals surface area contributed by atoms with Crippen LogP contribution in [0.2, 0.25) is 5.02 Å². The van der Waals surface area contributed by atoms with Gasteiger partial charge in [-0.15, -0.1) is 0 Å². The number of rotatable bonds is 3. The summed E-state index contributed by atoms with van der Waals surface area (Å²) in [5, 5.41) is 12.0. The van der Waals surface area contributed by atoms with Crippen molar-refractivity contribution in [3.8, 4) is 11.3 Å². The van der Waals surface area contributed by atoms with Crippen LogP contribution in [-0.4, -0.2) is 47.2 Å². The second kappa shape index (κ2) is 7.78. The number of morpholine rings is 1. The van der Waals surface area contributed by atoms with E-state index in [9.17, 15) is 14.9 Å². The summed E-state index contributed by atoms with van der Waals surface area (Å²) in [4.78, 5) is 29.3. The first kappa shape index (κ1) is 18.7. The van der Waals surface area contributed by atoms with Crippen LogP contribution in [0, 0.1) is 10.1 Å². The Morgan fingerprint density at radius 1 is 1.25 bits per heavy atom. The molecule has 1 amide bonds. The fraction of sp³-hybridized carbons (Fsp3) is 0.222. The molecule has 0 aliphatic carbocycles. The lowest BCUT2D eigenvalue weighted by molar-refractivity contribution is -0.384. The van der Waals surface area contributed by atoms with Gasteiger partial charge in [-0.1, -0.05) is 11.6 Å². The van der Waals surface area contributed by atoms with Crippen LogP contribution in [-0.2, 0) is 9.53 Å². The third-order valence-corrected chi connectivity index (χ3v) is 5.59. The number of amidine groups is 1. The number of aliphatic imine (C=N–C) groups is 1. The molecule has 1 saturated heterocycles. The van der Waals surface area contributed by atoms with Crippen molar-refractivity contribution in [3.63, 3.8) is 0 Å². The number of furan rings is 1. The van der Waals surface area contributed by atoms with Gasteiger partial charge in [-0.25, -0.2) is 0 Å². The minimum absolute atomic E-state index is 0.0826. The van der Waals surface area contributed by atoms with E-state index in [2.05, 4.69) is 4.99 Å². The number of nitro groups is 1. The van der Waals surface area contributed by atoms with Gasteiger partial charge in [0.05, 0.1) is 28.1 Å². The van der Waals surface area contributed by atoms with Gasteiger partial charge in [0.15, 0.2) is 5.17 Å². The number of thioether (sulfide) groups is 1. The molecule has 28 heavy (non-hydrogen) atoms. The van der Waals surface area contributed by atoms with Crippen molar-refractivity contribution >= 4 is 46.2 Å². The zero-order chi connectivity index (χ0) is 19.7. The molecule has 8 nitrogen and oxygen atoms in total. The SMILES string of the molecule is O=C1N=C(N2CCOCC2)SC1=Cc1ccc(-c2cc([N+](=O)[O-])ccc2Cl)o1. The summed E-state index contributed by atoms with van der Waals surface area (Å²) >= 11 is 7.44. The van der Waals surface area contributed by atoms with Crippen molar-refractivity contribution in [1.82, 2.24) is 4.90 Å². The number of hydrogen-bond donors (Lipinski definition) is 0. The first-order valence-electron chi connectivity index (χ1n) is 8.41. The number of halogens is 1. The van der Waals surface area contributed by atoms with Gasteiger partial charge in [0, 0.05) is 36.9 Å². The molecule has 1 aromatic heterocycles. The molecule has 2 aliphatic rings. The van der Waals surface area contributed by atoms with Gasteiger partial charge < -0.3 is 14.1 Å². The minimum atomic E-state index is -0.496. The van der Waals surface area contributed by atoms with E-state index in [0.29, 0.717) is 58.5 Å². The standard InChI is InChI=1S/C18H14ClN3O5S/c19-14-3-1-11(22(24)25)9-13(14)15-4-2-12(27-15)10-16-17(23)20-18(28-16)21-5-7-26-8-6-21/h1-4,9-10H,5-8H2. The smallest absolute Gasteiger partial charge is 0.286 e. The van der Waals surface area contributed by atoms with Gasteiger partial charge in [-0.05, 0) is 30.0 Å². The van der Waals surface area contributed by atoms with Gasteiger partial charge in [0.2, 0.25) is 0 Å². The number of ether oxygens (including phenoxy) is 1. The van der Waals surface area contributed by atoms with Crippen molar-refractivity contribution < 1.29 is 18.9 Å². The van der Waals surface area contributed by atoms with E-state index in [1.54, 1.807) is 18.2 Å². The van der Waals surface area contributed by atoms with Gasteiger partial charge in [0.25, 0.3) is 11.6 Å². The first-order chi connectivity index (χ1) is 13.5. The average molecular weight is 420 g/mol. The lowest BCUT2D eigenvalue weighted by Crippen LogP contribution is -2.38. The van der Waals surface area contributed by atoms with Gasteiger partial charge in [-0.3, -0.25) is 14.9 Å². The van der Waals surface area contributed by atoms with Crippen LogP contribution >= 0.6 is 23.4 Å². The summed E-state index contributed by atoms with van der Waals surface area (Å²) in [6, 6.07) is 7.47. The second-order valence-corrected chi connectivity index (χ2v) is 7.45. The van der Waals surface area contributed by atoms with Gasteiger partial charge in [-0.2, -0.15) is 4.99 Å². The number of nitrogens with zero attached hydrogens (tertiary/aromatic N) is 3. The molecule has 10 heteroatoms. The van der Waals surface area contributed by atoms with Crippen molar-refractivity contribution in [2.75, 3.05) is 26.3 Å². The number of hydrogen-bond acceptors (Lipinski definition) is 7. The molecule has 1 aromatic carbocycles. The Kier molecular flexibility index (Phi) is 5.21. The molecule has 3 heterocycles. The Morgan fingerprint density at radius 2 is 2.04 bits per heavy atom. The van der Waals surface area contributed by atoms with E-state index < -0.39 is 4.92 Å². The van der Waals surface area contributed by atoms with Crippen LogP contribution in [0.4, 0.5) is 5.69 Å². The number of amides is 1. The maximum absolute atomic E-state index is 12.2. The van der Waals surface area contributed by atoms with Crippen molar-refractivity contribution in [1.29, 1.82) is 0 Å². The van der Waals surface area contributed by atoms with E-state index in [1.807, 2.05) is 4.90 Å². The molecule has 0 saturated carbocycles. The summed E-state index contributed by atoms with van der Waals surface area (Å²) < 4.78 is 11.1. The fourth-order valence-electron chi connectivity index (χ4n) is 2.81. The molecular weight excluding hydrogens is 406 g/mol. The second-order valence-electron chi connectivity index (χ2n) is 6.03. The van der Waals surface area contributed by atoms with Crippen LogP contribution in [0.25, 0.3) is 17.4 Å². The Labute approximate surface area is 169 Å². The number of carbonyl (C=O) groups is 1. The van der Waals surface area contributed by atoms with Crippen LogP contribution < -0.4 is 0 Å². The highest BCUT2D eigenvalue weighted by Crippen LogP contribution is 2.35. The van der Waals surface area contributed by atoms with Gasteiger partial charge >= 0.3 is 0 Å². The molecule has 0 unspecified atom stereocenters. The summed E-state index contributed by atoms with van der Waals surface area (Å²) in [6.45, 7) is 2.61. The third-order valence-electron chi connectivity index (χ3n) is 4.22. The average Bonchev–Trinajstić information content (AvgIpc) is 3.30. The zero-order valence-electron chi connectivity index (χ0n) is 14.5. The van der Waals surface area contributed by atoms with Crippen LogP contribution in [0.3, 0.4) is 0 Å². The summed E-state index contributed by atoms with van der Waals surface area (Å²) in [6.07, 6.45) is 1.61. The van der Waals surface area contributed by atoms with E-state index in [-0.39, 0.29) is 11.6 Å². The molecule has 4 rings (SSSR count). The summed E-state index contributed by atoms with van der Waals surface area (Å²) in [7, 11) is 0. The van der Waals surface area contributed by atoms with Gasteiger partial charge in [0.1, 0.15) is 11.5 Å². The first-order valence-corrected chi connectivity index (χ1v) is 9.60. The molecule has 144 valence electrons. The number of non-ortho nitro benzene ring substituents is 1. The van der Waals surface area contributed by atoms with Crippen LogP contribution in [0.5, 0.6) is 0 Å². The predicted octanol–water partition coefficient (Wildman–Crippen LogP) is 3.81. The minimum Gasteiger partial charge on any atom is -0.457 e. The van der Waals surface area contributed by atoms with E-state index in [0.717, 1.165) is 0 Å². The fourth-order valence-corrected chi connectivity index (χ4v) is 3.96. The Morgan fingerprint density at radius 3 is 2.79 bits per heavy atom. The highest BCUT2D eigenvalue weighted by molar-refractivity contribution is 8.18. The number of benzene rings is 1. The number of nitro benzene ring substituents is 1. The van der Waals surface area contributed by atoms with Crippen molar-refractivity contribution in [2.45, 2.75) is 0 Å².